The standard InChI is InChI=1S/C21H25N5O7S3/c1-14-13-17(23-22-14)26-19(28)15(24(21(26)34)7-9-32-10-8-27)3-4-18-25(6-2-12-36(29,30)31)20-16(33-18)5-11-35-20/h3-5,11,13,27H,2,6-10,12H2,1H3,(H,22,23)(H,29,30,31)/p-1. The summed E-state index contributed by atoms with van der Waals surface area (Å²) < 4.78 is 44.4. The van der Waals surface area contributed by atoms with Crippen molar-refractivity contribution in [2.24, 2.45) is 0 Å². The minimum atomic E-state index is -4.34. The number of aliphatic hydroxyl groups is 1. The lowest BCUT2D eigenvalue weighted by atomic mass is 10.3. The molecular formula is C21H24N5O7S3-. The quantitative estimate of drug-likeness (QED) is 0.179. The number of aryl methyl sites for hydroxylation is 1. The van der Waals surface area contributed by atoms with Gasteiger partial charge in [-0.25, -0.2) is 13.3 Å². The number of nitrogens with zero attached hydrogens (tertiary/aromatic N) is 4. The van der Waals surface area contributed by atoms with Crippen LogP contribution in [0.4, 0.5) is 10.8 Å². The summed E-state index contributed by atoms with van der Waals surface area (Å²) in [6.45, 7) is 2.57. The van der Waals surface area contributed by atoms with E-state index >= 15 is 0 Å². The highest BCUT2D eigenvalue weighted by Crippen LogP contribution is 2.43. The second-order valence-electron chi connectivity index (χ2n) is 7.84. The predicted molar refractivity (Wildman–Crippen MR) is 136 cm³/mol. The van der Waals surface area contributed by atoms with Gasteiger partial charge in [0.25, 0.3) is 5.91 Å². The molecule has 2 aromatic heterocycles. The fourth-order valence-corrected chi connectivity index (χ4v) is 5.38. The third-order valence-corrected chi connectivity index (χ3v) is 7.36. The number of thiophene rings is 1. The van der Waals surface area contributed by atoms with Crippen LogP contribution in [0.25, 0.3) is 0 Å². The van der Waals surface area contributed by atoms with Crippen molar-refractivity contribution in [1.82, 2.24) is 15.1 Å². The van der Waals surface area contributed by atoms with E-state index in [0.29, 0.717) is 17.5 Å². The molecule has 4 heterocycles. The minimum absolute atomic E-state index is 0.115. The number of anilines is 2. The number of aromatic nitrogens is 2. The second kappa shape index (κ2) is 11.1. The van der Waals surface area contributed by atoms with E-state index in [1.54, 1.807) is 34.1 Å². The number of fused-ring (bicyclic) bond motifs is 1. The molecule has 36 heavy (non-hydrogen) atoms. The summed E-state index contributed by atoms with van der Waals surface area (Å²) in [5, 5.41) is 18.8. The van der Waals surface area contributed by atoms with E-state index in [2.05, 4.69) is 10.2 Å². The van der Waals surface area contributed by atoms with Crippen LogP contribution >= 0.6 is 23.6 Å². The number of nitrogens with one attached hydrogen (secondary N) is 1. The summed E-state index contributed by atoms with van der Waals surface area (Å²) in [6.07, 6.45) is 3.29. The molecule has 194 valence electrons. The van der Waals surface area contributed by atoms with Gasteiger partial charge in [-0.2, -0.15) is 5.10 Å². The molecule has 1 saturated heterocycles. The van der Waals surface area contributed by atoms with Gasteiger partial charge in [-0.3, -0.25) is 9.89 Å². The van der Waals surface area contributed by atoms with Gasteiger partial charge in [0.05, 0.1) is 29.9 Å². The Hall–Kier alpha value is -2.82. The average Bonchev–Trinajstić information content (AvgIpc) is 3.55. The summed E-state index contributed by atoms with van der Waals surface area (Å²) in [4.78, 5) is 18.1. The van der Waals surface area contributed by atoms with Crippen molar-refractivity contribution in [1.29, 1.82) is 0 Å². The molecule has 0 unspecified atom stereocenters. The molecular weight excluding hydrogens is 530 g/mol. The number of hydrogen-bond acceptors (Lipinski definition) is 11. The number of rotatable bonds is 11. The van der Waals surface area contributed by atoms with Crippen molar-refractivity contribution in [2.45, 2.75) is 13.3 Å². The van der Waals surface area contributed by atoms with Crippen LogP contribution in [0.15, 0.2) is 41.2 Å². The highest BCUT2D eigenvalue weighted by Gasteiger charge is 2.40. The number of ether oxygens (including phenoxy) is 2. The van der Waals surface area contributed by atoms with Gasteiger partial charge in [-0.05, 0) is 43.1 Å². The Labute approximate surface area is 217 Å². The number of aromatic amines is 1. The molecule has 2 aliphatic heterocycles. The van der Waals surface area contributed by atoms with Crippen LogP contribution in [-0.4, -0.2) is 82.9 Å². The molecule has 2 aromatic rings. The Morgan fingerprint density at radius 1 is 1.31 bits per heavy atom. The molecule has 1 fully saturated rings. The summed E-state index contributed by atoms with van der Waals surface area (Å²) in [7, 11) is -4.34. The first-order chi connectivity index (χ1) is 17.2. The zero-order valence-electron chi connectivity index (χ0n) is 19.2. The van der Waals surface area contributed by atoms with Crippen LogP contribution in [0.2, 0.25) is 0 Å². The van der Waals surface area contributed by atoms with Crippen LogP contribution in [0.1, 0.15) is 12.1 Å². The third-order valence-electron chi connectivity index (χ3n) is 5.25. The summed E-state index contributed by atoms with van der Waals surface area (Å²) in [5.41, 5.74) is 1.03. The van der Waals surface area contributed by atoms with Gasteiger partial charge in [0.1, 0.15) is 10.7 Å². The molecule has 4 rings (SSSR count). The normalized spacial score (nSPS) is 18.1. The lowest BCUT2D eigenvalue weighted by Crippen LogP contribution is -2.34. The number of carbonyl (C=O) groups is 1. The summed E-state index contributed by atoms with van der Waals surface area (Å²) in [6, 6.07) is 3.49. The first-order valence-corrected chi connectivity index (χ1v) is 13.8. The van der Waals surface area contributed by atoms with E-state index in [4.69, 9.17) is 26.8 Å². The smallest absolute Gasteiger partial charge is 0.282 e. The van der Waals surface area contributed by atoms with Gasteiger partial charge >= 0.3 is 0 Å². The van der Waals surface area contributed by atoms with E-state index in [-0.39, 0.29) is 56.0 Å². The van der Waals surface area contributed by atoms with Crippen molar-refractivity contribution in [2.75, 3.05) is 48.5 Å². The van der Waals surface area contributed by atoms with Gasteiger partial charge in [0.2, 0.25) is 5.88 Å². The van der Waals surface area contributed by atoms with Crippen molar-refractivity contribution < 1.29 is 32.3 Å². The lowest BCUT2D eigenvalue weighted by Gasteiger charge is -2.19. The number of thiocarbonyl (C=S) groups is 1. The summed E-state index contributed by atoms with van der Waals surface area (Å²) in [5.74, 6) is 0.467. The van der Waals surface area contributed by atoms with Gasteiger partial charge in [0.15, 0.2) is 16.7 Å². The van der Waals surface area contributed by atoms with Gasteiger partial charge in [-0.1, -0.05) is 0 Å². The van der Waals surface area contributed by atoms with Crippen molar-refractivity contribution >= 4 is 55.5 Å². The Kier molecular flexibility index (Phi) is 8.07. The Morgan fingerprint density at radius 2 is 2.11 bits per heavy atom. The van der Waals surface area contributed by atoms with Crippen LogP contribution in [0.3, 0.4) is 0 Å². The SMILES string of the molecule is Cc1cc(N2C(=O)C(=CC=C3Oc4ccsc4N3CCCS(=O)(=O)[O-])N(CCOCCO)C2=S)n[nH]1. The Bertz CT molecular complexity index is 1300. The van der Waals surface area contributed by atoms with Gasteiger partial charge < -0.3 is 28.9 Å². The molecule has 15 heteroatoms. The maximum atomic E-state index is 13.4. The lowest BCUT2D eigenvalue weighted by molar-refractivity contribution is -0.114. The molecule has 0 atom stereocenters. The van der Waals surface area contributed by atoms with Crippen LogP contribution in [-0.2, 0) is 19.6 Å². The molecule has 2 aliphatic rings. The zero-order valence-corrected chi connectivity index (χ0v) is 21.7. The number of aliphatic hydroxyl groups excluding tert-OH is 1. The molecule has 0 bridgehead atoms. The number of H-pyrrole nitrogens is 1. The fourth-order valence-electron chi connectivity index (χ4n) is 3.68. The highest BCUT2D eigenvalue weighted by atomic mass is 32.2. The van der Waals surface area contributed by atoms with E-state index < -0.39 is 15.9 Å². The minimum Gasteiger partial charge on any atom is -0.748 e. The number of allylic oxidation sites excluding steroid dienone is 2. The largest absolute Gasteiger partial charge is 0.748 e. The fraction of sp³-hybridized carbons (Fsp3) is 0.381. The third kappa shape index (κ3) is 5.77. The maximum absolute atomic E-state index is 13.4. The van der Waals surface area contributed by atoms with E-state index in [9.17, 15) is 17.8 Å². The van der Waals surface area contributed by atoms with Gasteiger partial charge in [-0.15, -0.1) is 11.3 Å². The number of carbonyl (C=O) groups excluding carboxylic acids is 1. The molecule has 0 spiro atoms. The van der Waals surface area contributed by atoms with Gasteiger partial charge in [0, 0.05) is 36.7 Å². The molecule has 1 amide bonds. The summed E-state index contributed by atoms with van der Waals surface area (Å²) >= 11 is 6.99. The molecule has 12 nitrogen and oxygen atoms in total. The second-order valence-corrected chi connectivity index (χ2v) is 10.6. The predicted octanol–water partition coefficient (Wildman–Crippen LogP) is 1.28. The molecule has 0 radical (unpaired) electrons. The van der Waals surface area contributed by atoms with E-state index in [1.807, 2.05) is 12.3 Å². The Morgan fingerprint density at radius 3 is 2.81 bits per heavy atom. The number of amides is 1. The van der Waals surface area contributed by atoms with Crippen LogP contribution < -0.4 is 14.5 Å². The van der Waals surface area contributed by atoms with Crippen LogP contribution in [0, 0.1) is 6.92 Å². The molecule has 0 aliphatic carbocycles. The van der Waals surface area contributed by atoms with E-state index in [1.165, 1.54) is 16.2 Å². The van der Waals surface area contributed by atoms with Crippen molar-refractivity contribution in [3.8, 4) is 5.75 Å². The molecule has 0 aromatic carbocycles. The van der Waals surface area contributed by atoms with E-state index in [0.717, 1.165) is 10.7 Å². The Balaban J connectivity index is 1.61. The highest BCUT2D eigenvalue weighted by molar-refractivity contribution is 7.85. The monoisotopic (exact) mass is 554 g/mol. The van der Waals surface area contributed by atoms with Crippen molar-refractivity contribution in [3.05, 3.63) is 46.9 Å². The maximum Gasteiger partial charge on any atom is 0.282 e. The first-order valence-electron chi connectivity index (χ1n) is 10.9. The number of hydrogen-bond donors (Lipinski definition) is 2. The molecule has 0 saturated carbocycles. The molecule has 2 N–H and O–H groups in total. The zero-order chi connectivity index (χ0) is 25.9. The average molecular weight is 555 g/mol. The topological polar surface area (TPSA) is 151 Å². The first kappa shape index (κ1) is 26.2. The van der Waals surface area contributed by atoms with Crippen molar-refractivity contribution in [3.63, 3.8) is 0 Å². The van der Waals surface area contributed by atoms with Crippen LogP contribution in [0.5, 0.6) is 5.75 Å².